The van der Waals surface area contributed by atoms with Crippen molar-refractivity contribution >= 4 is 45.5 Å². The first-order valence-corrected chi connectivity index (χ1v) is 14.0. The van der Waals surface area contributed by atoms with Crippen molar-refractivity contribution in [3.8, 4) is 17.3 Å². The molecule has 3 unspecified atom stereocenters. The SMILES string of the molecule is CCNC(=O)NC1(C2CNCCC2(CC)C(=O)O)N=CC=CN1c1cc(-c2nccc(OC)n2)c2scnc2c1. The van der Waals surface area contributed by atoms with Crippen LogP contribution in [0.15, 0.2) is 47.2 Å². The van der Waals surface area contributed by atoms with Gasteiger partial charge in [-0.3, -0.25) is 10.1 Å². The van der Waals surface area contributed by atoms with E-state index in [4.69, 9.17) is 9.73 Å². The van der Waals surface area contributed by atoms with Gasteiger partial charge in [0.25, 0.3) is 0 Å². The summed E-state index contributed by atoms with van der Waals surface area (Å²) in [5, 5.41) is 19.8. The highest BCUT2D eigenvalue weighted by molar-refractivity contribution is 7.17. The van der Waals surface area contributed by atoms with Gasteiger partial charge in [0.15, 0.2) is 5.82 Å². The zero-order valence-corrected chi connectivity index (χ0v) is 23.4. The fraction of sp³-hybridized carbons (Fsp3) is 0.407. The van der Waals surface area contributed by atoms with Crippen LogP contribution in [-0.2, 0) is 4.79 Å². The number of allylic oxidation sites excluding steroid dienone is 1. The van der Waals surface area contributed by atoms with Crippen molar-refractivity contribution in [2.24, 2.45) is 16.3 Å². The number of thiazole rings is 1. The van der Waals surface area contributed by atoms with Gasteiger partial charge in [-0.1, -0.05) is 6.92 Å². The molecule has 2 amide bonds. The fourth-order valence-electron chi connectivity index (χ4n) is 5.68. The number of urea groups is 1. The van der Waals surface area contributed by atoms with Crippen molar-refractivity contribution in [1.82, 2.24) is 30.9 Å². The van der Waals surface area contributed by atoms with Crippen LogP contribution in [0.1, 0.15) is 26.7 Å². The number of aromatic nitrogens is 3. The third-order valence-corrected chi connectivity index (χ3v) is 8.55. The number of ether oxygens (including phenoxy) is 1. The average molecular weight is 565 g/mol. The second-order valence-corrected chi connectivity index (χ2v) is 10.5. The number of carbonyl (C=O) groups is 2. The molecule has 5 rings (SSSR count). The molecule has 210 valence electrons. The largest absolute Gasteiger partial charge is 0.481 e. The lowest BCUT2D eigenvalue weighted by molar-refractivity contribution is -0.158. The maximum absolute atomic E-state index is 13.2. The maximum atomic E-state index is 13.2. The molecule has 2 aromatic heterocycles. The molecule has 0 spiro atoms. The first-order valence-electron chi connectivity index (χ1n) is 13.1. The van der Waals surface area contributed by atoms with Crippen molar-refractivity contribution in [2.45, 2.75) is 32.5 Å². The molecule has 1 saturated heterocycles. The van der Waals surface area contributed by atoms with Gasteiger partial charge in [-0.2, -0.15) is 4.98 Å². The molecule has 0 bridgehead atoms. The Morgan fingerprint density at radius 1 is 1.30 bits per heavy atom. The van der Waals surface area contributed by atoms with Crippen LogP contribution < -0.4 is 25.6 Å². The Morgan fingerprint density at radius 3 is 2.90 bits per heavy atom. The second-order valence-electron chi connectivity index (χ2n) is 9.64. The van der Waals surface area contributed by atoms with E-state index in [-0.39, 0.29) is 0 Å². The summed E-state index contributed by atoms with van der Waals surface area (Å²) in [5.41, 5.74) is 2.69. The van der Waals surface area contributed by atoms with Crippen molar-refractivity contribution in [3.63, 3.8) is 0 Å². The number of rotatable bonds is 8. The molecule has 13 heteroatoms. The lowest BCUT2D eigenvalue weighted by Crippen LogP contribution is -2.71. The molecule has 3 atom stereocenters. The van der Waals surface area contributed by atoms with Gasteiger partial charge in [-0.05, 0) is 44.5 Å². The Morgan fingerprint density at radius 2 is 2.15 bits per heavy atom. The Hall–Kier alpha value is -4.10. The number of nitrogens with one attached hydrogen (secondary N) is 3. The molecular formula is C27H32N8O4S. The number of carboxylic acid groups (broad SMARTS) is 1. The fourth-order valence-corrected chi connectivity index (χ4v) is 6.46. The first kappa shape index (κ1) is 27.5. The van der Waals surface area contributed by atoms with E-state index in [2.05, 4.69) is 30.9 Å². The summed E-state index contributed by atoms with van der Waals surface area (Å²) < 4.78 is 6.22. The highest BCUT2D eigenvalue weighted by Gasteiger charge is 2.59. The summed E-state index contributed by atoms with van der Waals surface area (Å²) in [6.07, 6.45) is 7.56. The van der Waals surface area contributed by atoms with E-state index >= 15 is 0 Å². The van der Waals surface area contributed by atoms with Crippen molar-refractivity contribution in [3.05, 3.63) is 42.2 Å². The molecule has 2 aliphatic heterocycles. The van der Waals surface area contributed by atoms with Crippen LogP contribution in [0.25, 0.3) is 21.6 Å². The van der Waals surface area contributed by atoms with E-state index in [0.717, 1.165) is 10.3 Å². The summed E-state index contributed by atoms with van der Waals surface area (Å²) in [6.45, 7) is 4.97. The molecule has 2 aliphatic rings. The third kappa shape index (κ3) is 4.64. The van der Waals surface area contributed by atoms with E-state index in [1.165, 1.54) is 11.3 Å². The molecule has 0 saturated carbocycles. The van der Waals surface area contributed by atoms with Gasteiger partial charge < -0.3 is 25.4 Å². The van der Waals surface area contributed by atoms with Gasteiger partial charge in [0.05, 0.1) is 34.2 Å². The lowest BCUT2D eigenvalue weighted by atomic mass is 9.65. The highest BCUT2D eigenvalue weighted by Crippen LogP contribution is 2.48. The maximum Gasteiger partial charge on any atom is 0.318 e. The van der Waals surface area contributed by atoms with Crippen LogP contribution >= 0.6 is 11.3 Å². The smallest absolute Gasteiger partial charge is 0.318 e. The molecule has 1 aromatic carbocycles. The molecule has 12 nitrogen and oxygen atoms in total. The predicted molar refractivity (Wildman–Crippen MR) is 154 cm³/mol. The Kier molecular flexibility index (Phi) is 7.68. The molecule has 4 N–H and O–H groups in total. The normalized spacial score (nSPS) is 24.2. The van der Waals surface area contributed by atoms with Crippen LogP contribution in [0.5, 0.6) is 5.88 Å². The van der Waals surface area contributed by atoms with E-state index in [0.29, 0.717) is 55.4 Å². The Balaban J connectivity index is 1.73. The van der Waals surface area contributed by atoms with Crippen molar-refractivity contribution in [1.29, 1.82) is 0 Å². The van der Waals surface area contributed by atoms with E-state index in [9.17, 15) is 14.7 Å². The second kappa shape index (κ2) is 11.2. The Labute approximate surface area is 235 Å². The summed E-state index contributed by atoms with van der Waals surface area (Å²) in [7, 11) is 1.55. The number of fused-ring (bicyclic) bond motifs is 1. The van der Waals surface area contributed by atoms with Gasteiger partial charge in [-0.15, -0.1) is 11.3 Å². The zero-order chi connectivity index (χ0) is 28.3. The number of methoxy groups -OCH3 is 1. The molecule has 0 radical (unpaired) electrons. The number of hydrogen-bond acceptors (Lipinski definition) is 10. The van der Waals surface area contributed by atoms with E-state index in [1.54, 1.807) is 43.4 Å². The number of amides is 2. The van der Waals surface area contributed by atoms with Gasteiger partial charge >= 0.3 is 12.0 Å². The number of anilines is 1. The monoisotopic (exact) mass is 564 g/mol. The lowest BCUT2D eigenvalue weighted by Gasteiger charge is -2.53. The minimum Gasteiger partial charge on any atom is -0.481 e. The number of carbonyl (C=O) groups excluding carboxylic acids is 1. The minimum atomic E-state index is -1.47. The van der Waals surface area contributed by atoms with Gasteiger partial charge in [0.2, 0.25) is 11.7 Å². The van der Waals surface area contributed by atoms with Gasteiger partial charge in [0, 0.05) is 49.0 Å². The number of nitrogens with zero attached hydrogens (tertiary/aromatic N) is 5. The third-order valence-electron chi connectivity index (χ3n) is 7.68. The number of piperidine rings is 1. The summed E-state index contributed by atoms with van der Waals surface area (Å²) >= 11 is 1.46. The number of aliphatic carboxylic acids is 1. The van der Waals surface area contributed by atoms with Crippen LogP contribution in [0, 0.1) is 11.3 Å². The van der Waals surface area contributed by atoms with Crippen molar-refractivity contribution in [2.75, 3.05) is 31.6 Å². The quantitative estimate of drug-likeness (QED) is 0.323. The summed E-state index contributed by atoms with van der Waals surface area (Å²) in [5.74, 6) is -2.14. The first-order chi connectivity index (χ1) is 19.4. The van der Waals surface area contributed by atoms with Gasteiger partial charge in [0.1, 0.15) is 0 Å². The van der Waals surface area contributed by atoms with E-state index < -0.39 is 29.1 Å². The highest BCUT2D eigenvalue weighted by atomic mass is 32.1. The average Bonchev–Trinajstić information content (AvgIpc) is 3.45. The van der Waals surface area contributed by atoms with Crippen molar-refractivity contribution < 1.29 is 19.4 Å². The number of carboxylic acids is 1. The number of benzene rings is 1. The number of aliphatic imine (C=N–C) groups is 1. The van der Waals surface area contributed by atoms with Gasteiger partial charge in [-0.25, -0.2) is 19.8 Å². The minimum absolute atomic E-state index is 0.332. The van der Waals surface area contributed by atoms with Crippen LogP contribution in [-0.4, -0.2) is 70.8 Å². The molecule has 40 heavy (non-hydrogen) atoms. The van der Waals surface area contributed by atoms with Crippen LogP contribution in [0.3, 0.4) is 0 Å². The van der Waals surface area contributed by atoms with Crippen LogP contribution in [0.2, 0.25) is 0 Å². The summed E-state index contributed by atoms with van der Waals surface area (Å²) in [4.78, 5) is 46.4. The molecule has 4 heterocycles. The molecular weight excluding hydrogens is 532 g/mol. The zero-order valence-electron chi connectivity index (χ0n) is 22.5. The van der Waals surface area contributed by atoms with E-state index in [1.807, 2.05) is 30.9 Å². The number of hydrogen-bond donors (Lipinski definition) is 4. The molecule has 1 fully saturated rings. The standard InChI is InChI=1S/C27H32N8O4S/c1-4-26(24(36)37)8-11-28-15-20(26)27(34-25(38)29-5-2)32-9-6-12-35(27)17-13-18(22-19(14-17)31-16-40-22)23-30-10-7-21(33-23)39-3/h6-7,9-10,12-14,16,20,28H,4-5,8,11,15H2,1-3H3,(H,36,37)(H2,29,34,38). The van der Waals surface area contributed by atoms with Crippen LogP contribution in [0.4, 0.5) is 10.5 Å². The Bertz CT molecular complexity index is 1480. The topological polar surface area (TPSA) is 154 Å². The molecule has 3 aromatic rings. The summed E-state index contributed by atoms with van der Waals surface area (Å²) in [6, 6.07) is 5.04. The predicted octanol–water partition coefficient (Wildman–Crippen LogP) is 3.23. The molecule has 0 aliphatic carbocycles.